The number of halogens is 1. The van der Waals surface area contributed by atoms with Crippen molar-refractivity contribution in [3.63, 3.8) is 0 Å². The lowest BCUT2D eigenvalue weighted by Gasteiger charge is -2.32. The highest BCUT2D eigenvalue weighted by atomic mass is 19.1. The zero-order chi connectivity index (χ0) is 13.1. The topological polar surface area (TPSA) is 72.4 Å². The minimum Gasteiger partial charge on any atom is -0.366 e. The number of nitro groups is 1. The minimum absolute atomic E-state index is 0.371. The van der Waals surface area contributed by atoms with Crippen LogP contribution in [0.5, 0.6) is 0 Å². The number of hydrogen-bond donors (Lipinski definition) is 1. The van der Waals surface area contributed by atoms with Gasteiger partial charge in [0.25, 0.3) is 0 Å². The molecule has 2 rings (SSSR count). The molecule has 0 bridgehead atoms. The Hall–Kier alpha value is -1.69. The Morgan fingerprint density at radius 2 is 2.11 bits per heavy atom. The van der Waals surface area contributed by atoms with Gasteiger partial charge in [-0.3, -0.25) is 10.1 Å². The number of rotatable bonds is 3. The molecule has 6 heteroatoms. The summed E-state index contributed by atoms with van der Waals surface area (Å²) in [5.74, 6) is -0.313. The summed E-state index contributed by atoms with van der Waals surface area (Å²) in [5.41, 5.74) is 5.55. The fraction of sp³-hybridized carbons (Fsp3) is 0.500. The standard InChI is InChI=1S/C12H16FN3O2/c13-10-2-1-3-11(12(10)16(17)18)15-6-4-9(8-14)5-7-15/h1-3,9H,4-8,14H2. The molecule has 0 unspecified atom stereocenters. The Morgan fingerprint density at radius 3 is 2.67 bits per heavy atom. The molecule has 1 aliphatic rings. The summed E-state index contributed by atoms with van der Waals surface area (Å²) in [6.07, 6.45) is 1.79. The van der Waals surface area contributed by atoms with Crippen molar-refractivity contribution >= 4 is 11.4 Å². The number of piperidine rings is 1. The third-order valence-corrected chi connectivity index (χ3v) is 3.44. The zero-order valence-electron chi connectivity index (χ0n) is 10.0. The molecule has 5 nitrogen and oxygen atoms in total. The van der Waals surface area contributed by atoms with Gasteiger partial charge in [0.15, 0.2) is 0 Å². The van der Waals surface area contributed by atoms with E-state index in [9.17, 15) is 14.5 Å². The van der Waals surface area contributed by atoms with Crippen LogP contribution in [0.25, 0.3) is 0 Å². The first-order valence-corrected chi connectivity index (χ1v) is 6.01. The van der Waals surface area contributed by atoms with Crippen molar-refractivity contribution < 1.29 is 9.31 Å². The summed E-state index contributed by atoms with van der Waals surface area (Å²) >= 11 is 0. The van der Waals surface area contributed by atoms with Crippen LogP contribution < -0.4 is 10.6 Å². The van der Waals surface area contributed by atoms with Crippen molar-refractivity contribution in [1.29, 1.82) is 0 Å². The van der Waals surface area contributed by atoms with E-state index >= 15 is 0 Å². The normalized spacial score (nSPS) is 16.9. The molecule has 1 fully saturated rings. The zero-order valence-corrected chi connectivity index (χ0v) is 10.0. The molecular formula is C12H16FN3O2. The Balaban J connectivity index is 2.24. The van der Waals surface area contributed by atoms with Gasteiger partial charge in [0.05, 0.1) is 4.92 Å². The molecule has 0 aromatic heterocycles. The number of nitrogens with zero attached hydrogens (tertiary/aromatic N) is 2. The Morgan fingerprint density at radius 1 is 1.44 bits per heavy atom. The third kappa shape index (κ3) is 2.43. The molecule has 18 heavy (non-hydrogen) atoms. The van der Waals surface area contributed by atoms with Gasteiger partial charge in [0, 0.05) is 13.1 Å². The van der Waals surface area contributed by atoms with Crippen LogP contribution in [-0.4, -0.2) is 24.6 Å². The number of hydrogen-bond acceptors (Lipinski definition) is 4. The van der Waals surface area contributed by atoms with Crippen LogP contribution in [0.2, 0.25) is 0 Å². The summed E-state index contributed by atoms with van der Waals surface area (Å²) in [6, 6.07) is 4.23. The molecule has 1 aromatic rings. The molecule has 0 amide bonds. The van der Waals surface area contributed by atoms with E-state index in [-0.39, 0.29) is 0 Å². The maximum atomic E-state index is 13.5. The van der Waals surface area contributed by atoms with Crippen molar-refractivity contribution in [3.05, 3.63) is 34.1 Å². The minimum atomic E-state index is -0.779. The largest absolute Gasteiger partial charge is 0.366 e. The van der Waals surface area contributed by atoms with E-state index in [4.69, 9.17) is 5.73 Å². The molecule has 1 aromatic carbocycles. The first kappa shape index (κ1) is 12.8. The average Bonchev–Trinajstić information content (AvgIpc) is 2.38. The van der Waals surface area contributed by atoms with Crippen molar-refractivity contribution in [2.24, 2.45) is 11.7 Å². The SMILES string of the molecule is NCC1CCN(c2cccc(F)c2[N+](=O)[O-])CC1. The molecule has 0 spiro atoms. The summed E-state index contributed by atoms with van der Waals surface area (Å²) in [6.45, 7) is 2.01. The van der Waals surface area contributed by atoms with E-state index in [1.54, 1.807) is 6.07 Å². The van der Waals surface area contributed by atoms with Gasteiger partial charge in [0.2, 0.25) is 5.82 Å². The molecule has 2 N–H and O–H groups in total. The monoisotopic (exact) mass is 253 g/mol. The number of nitrogens with two attached hydrogens (primary N) is 1. The molecule has 1 saturated heterocycles. The molecule has 0 saturated carbocycles. The second-order valence-electron chi connectivity index (χ2n) is 4.53. The average molecular weight is 253 g/mol. The number of para-hydroxylation sites is 1. The van der Waals surface area contributed by atoms with Crippen LogP contribution in [0.1, 0.15) is 12.8 Å². The second-order valence-corrected chi connectivity index (χ2v) is 4.53. The summed E-state index contributed by atoms with van der Waals surface area (Å²) in [4.78, 5) is 12.1. The van der Waals surface area contributed by atoms with E-state index < -0.39 is 16.4 Å². The number of benzene rings is 1. The van der Waals surface area contributed by atoms with Gasteiger partial charge in [-0.25, -0.2) is 0 Å². The van der Waals surface area contributed by atoms with Crippen molar-refractivity contribution in [2.75, 3.05) is 24.5 Å². The van der Waals surface area contributed by atoms with Crippen LogP contribution in [0.4, 0.5) is 15.8 Å². The van der Waals surface area contributed by atoms with Crippen LogP contribution in [0.15, 0.2) is 18.2 Å². The quantitative estimate of drug-likeness (QED) is 0.659. The lowest BCUT2D eigenvalue weighted by atomic mass is 9.96. The van der Waals surface area contributed by atoms with Gasteiger partial charge in [0.1, 0.15) is 5.69 Å². The molecule has 1 aliphatic heterocycles. The summed E-state index contributed by atoms with van der Waals surface area (Å²) in [5, 5.41) is 10.9. The second kappa shape index (κ2) is 5.30. The first-order valence-electron chi connectivity index (χ1n) is 6.01. The maximum absolute atomic E-state index is 13.5. The first-order chi connectivity index (χ1) is 8.63. The van der Waals surface area contributed by atoms with Gasteiger partial charge in [-0.2, -0.15) is 4.39 Å². The predicted octanol–water partition coefficient (Wildman–Crippen LogP) is 1.91. The van der Waals surface area contributed by atoms with Gasteiger partial charge < -0.3 is 10.6 Å². The van der Waals surface area contributed by atoms with Gasteiger partial charge >= 0.3 is 5.69 Å². The van der Waals surface area contributed by atoms with Crippen LogP contribution in [0, 0.1) is 21.8 Å². The molecule has 1 heterocycles. The maximum Gasteiger partial charge on any atom is 0.327 e. The molecule has 0 atom stereocenters. The Bertz CT molecular complexity index is 445. The van der Waals surface area contributed by atoms with E-state index in [0.29, 0.717) is 31.2 Å². The van der Waals surface area contributed by atoms with Crippen molar-refractivity contribution in [3.8, 4) is 0 Å². The fourth-order valence-corrected chi connectivity index (χ4v) is 2.35. The smallest absolute Gasteiger partial charge is 0.327 e. The lowest BCUT2D eigenvalue weighted by Crippen LogP contribution is -2.36. The fourth-order valence-electron chi connectivity index (χ4n) is 2.35. The number of anilines is 1. The van der Waals surface area contributed by atoms with E-state index in [0.717, 1.165) is 18.9 Å². The Labute approximate surface area is 105 Å². The molecule has 0 aliphatic carbocycles. The van der Waals surface area contributed by atoms with E-state index in [1.165, 1.54) is 6.07 Å². The summed E-state index contributed by atoms with van der Waals surface area (Å²) < 4.78 is 13.5. The van der Waals surface area contributed by atoms with Gasteiger partial charge in [-0.15, -0.1) is 0 Å². The molecular weight excluding hydrogens is 237 g/mol. The number of nitro benzene ring substituents is 1. The van der Waals surface area contributed by atoms with E-state index in [2.05, 4.69) is 0 Å². The highest BCUT2D eigenvalue weighted by molar-refractivity contribution is 5.64. The summed E-state index contributed by atoms with van der Waals surface area (Å²) in [7, 11) is 0. The van der Waals surface area contributed by atoms with Crippen molar-refractivity contribution in [1.82, 2.24) is 0 Å². The predicted molar refractivity (Wildman–Crippen MR) is 67.0 cm³/mol. The van der Waals surface area contributed by atoms with Crippen LogP contribution >= 0.6 is 0 Å². The molecule has 98 valence electrons. The van der Waals surface area contributed by atoms with Crippen LogP contribution in [0.3, 0.4) is 0 Å². The van der Waals surface area contributed by atoms with E-state index in [1.807, 2.05) is 4.90 Å². The van der Waals surface area contributed by atoms with Gasteiger partial charge in [-0.05, 0) is 37.4 Å². The Kier molecular flexibility index (Phi) is 3.76. The lowest BCUT2D eigenvalue weighted by molar-refractivity contribution is -0.386. The molecule has 0 radical (unpaired) electrons. The highest BCUT2D eigenvalue weighted by Crippen LogP contribution is 2.33. The van der Waals surface area contributed by atoms with Gasteiger partial charge in [-0.1, -0.05) is 6.07 Å². The van der Waals surface area contributed by atoms with Crippen molar-refractivity contribution in [2.45, 2.75) is 12.8 Å². The highest BCUT2D eigenvalue weighted by Gasteiger charge is 2.26. The third-order valence-electron chi connectivity index (χ3n) is 3.44. The van der Waals surface area contributed by atoms with Crippen LogP contribution in [-0.2, 0) is 0 Å².